The fourth-order valence-electron chi connectivity index (χ4n) is 12.4. The number of fused-ring (bicyclic) bond motifs is 1. The molecule has 0 spiro atoms. The molecular weight excluding hydrogens is 893 g/mol. The molecule has 9 rings (SSSR count). The maximum absolute atomic E-state index is 10.9. The van der Waals surface area contributed by atoms with E-state index in [-0.39, 0.29) is 74.1 Å². The van der Waals surface area contributed by atoms with Gasteiger partial charge in [0.15, 0.2) is 31.5 Å². The summed E-state index contributed by atoms with van der Waals surface area (Å²) in [5, 5.41) is 40.7. The lowest BCUT2D eigenvalue weighted by molar-refractivity contribution is -0.203. The third-order valence-corrected chi connectivity index (χ3v) is 16.3. The summed E-state index contributed by atoms with van der Waals surface area (Å²) in [6.07, 6.45) is 20.4. The zero-order valence-corrected chi connectivity index (χ0v) is 42.0. The summed E-state index contributed by atoms with van der Waals surface area (Å²) in [5.41, 5.74) is 2.65. The maximum atomic E-state index is 10.9. The van der Waals surface area contributed by atoms with Crippen molar-refractivity contribution < 1.29 is 63.1 Å². The van der Waals surface area contributed by atoms with Crippen LogP contribution in [0.3, 0.4) is 0 Å². The summed E-state index contributed by atoms with van der Waals surface area (Å²) in [6.45, 7) is 2.77. The number of aryl methyl sites for hydroxylation is 2. The first-order valence-corrected chi connectivity index (χ1v) is 27.8. The second kappa shape index (κ2) is 29.1. The molecule has 7 aliphatic rings. The highest BCUT2D eigenvalue weighted by Gasteiger charge is 2.50. The highest BCUT2D eigenvalue weighted by molar-refractivity contribution is 5.15. The van der Waals surface area contributed by atoms with Gasteiger partial charge in [-0.3, -0.25) is 0 Å². The van der Waals surface area contributed by atoms with E-state index in [2.05, 4.69) is 54.6 Å². The molecule has 16 atom stereocenters. The van der Waals surface area contributed by atoms with Crippen LogP contribution in [0.25, 0.3) is 0 Å². The van der Waals surface area contributed by atoms with E-state index in [1.165, 1.54) is 24.0 Å². The van der Waals surface area contributed by atoms with Crippen LogP contribution in [0.1, 0.15) is 152 Å². The fraction of sp³-hybridized carbons (Fsp3) is 0.789. The van der Waals surface area contributed by atoms with E-state index in [1.807, 2.05) is 6.07 Å². The standard InChI is InChI=1S/C29H46O7.C28H42O6/c30-20-22(31)18-25-24(27(19-26(25)32)36-29-11-5-7-17-34-29)15-14-23(35-28-10-4-6-16-33-28)13-12-21-8-2-1-3-9-21;29-26-18-23-22(24(19-25(23)33-26)34-28-11-5-7-17-31-28)15-14-21(32-27-10-4-6-16-30-27)13-12-20-8-2-1-3-9-20/h1-3,8-9,22-32H,4-7,10-20H2;1-3,8-9,21-29H,4-7,10-19H2/t22?,23-,24+,25+,26-,27+,28?,29?;21-,22+,23+,24+,25-,26?,27?,28?/m00/s1. The van der Waals surface area contributed by atoms with Crippen LogP contribution < -0.4 is 0 Å². The van der Waals surface area contributed by atoms with Crippen LogP contribution in [0.2, 0.25) is 0 Å². The van der Waals surface area contributed by atoms with E-state index in [0.29, 0.717) is 37.7 Å². The molecule has 7 fully saturated rings. The number of aliphatic hydroxyl groups is 4. The summed E-state index contributed by atoms with van der Waals surface area (Å²) < 4.78 is 55.3. The number of hydrogen-bond acceptors (Lipinski definition) is 13. The molecule has 6 unspecified atom stereocenters. The van der Waals surface area contributed by atoms with Crippen molar-refractivity contribution in [2.45, 2.75) is 228 Å². The van der Waals surface area contributed by atoms with Gasteiger partial charge in [0, 0.05) is 45.7 Å². The summed E-state index contributed by atoms with van der Waals surface area (Å²) in [7, 11) is 0. The van der Waals surface area contributed by atoms with Gasteiger partial charge in [-0.2, -0.15) is 0 Å². The van der Waals surface area contributed by atoms with Crippen molar-refractivity contribution >= 4 is 0 Å². The minimum atomic E-state index is -0.836. The van der Waals surface area contributed by atoms with E-state index < -0.39 is 18.5 Å². The van der Waals surface area contributed by atoms with Crippen LogP contribution in [0.5, 0.6) is 0 Å². The SMILES string of the molecule is OC1C[C@@H]2[C@@H](CC[C@H](CCc3ccccc3)OC3CCCCO3)[C@H](OC3CCCCO3)C[C@@H]2O1.OCC(O)C[C@@H]1[C@@H](CC[C@H](CCc2ccccc2)OC2CCCCO2)[C@H](OC2CCCCO2)C[C@@H]1O. The van der Waals surface area contributed by atoms with Gasteiger partial charge in [0.1, 0.15) is 0 Å². The van der Waals surface area contributed by atoms with Crippen molar-refractivity contribution in [3.05, 3.63) is 71.8 Å². The number of rotatable bonds is 23. The molecule has 0 aromatic heterocycles. The minimum absolute atomic E-state index is 0.0426. The topological polar surface area (TPSA) is 164 Å². The zero-order valence-electron chi connectivity index (χ0n) is 42.0. The predicted molar refractivity (Wildman–Crippen MR) is 264 cm³/mol. The van der Waals surface area contributed by atoms with Gasteiger partial charge in [0.2, 0.25) is 0 Å². The Labute approximate surface area is 418 Å². The Bertz CT molecular complexity index is 1680. The molecular formula is C57H88O13. The summed E-state index contributed by atoms with van der Waals surface area (Å²) in [5.74, 6) is 0.662. The third-order valence-electron chi connectivity index (χ3n) is 16.3. The molecule has 2 aromatic rings. The largest absolute Gasteiger partial charge is 0.394 e. The average molecular weight is 981 g/mol. The van der Waals surface area contributed by atoms with E-state index >= 15 is 0 Å². The van der Waals surface area contributed by atoms with Crippen LogP contribution in [-0.4, -0.2) is 128 Å². The first kappa shape index (κ1) is 54.2. The van der Waals surface area contributed by atoms with Crippen LogP contribution in [0.4, 0.5) is 0 Å². The van der Waals surface area contributed by atoms with Gasteiger partial charge < -0.3 is 63.1 Å². The van der Waals surface area contributed by atoms with Crippen LogP contribution in [0.15, 0.2) is 60.7 Å². The van der Waals surface area contributed by atoms with Crippen LogP contribution >= 0.6 is 0 Å². The third kappa shape index (κ3) is 17.0. The lowest BCUT2D eigenvalue weighted by Crippen LogP contribution is -2.34. The molecule has 0 radical (unpaired) electrons. The Morgan fingerprint density at radius 1 is 0.529 bits per heavy atom. The Morgan fingerprint density at radius 2 is 1.00 bits per heavy atom. The van der Waals surface area contributed by atoms with E-state index in [0.717, 1.165) is 142 Å². The first-order valence-electron chi connectivity index (χ1n) is 27.8. The molecule has 5 saturated heterocycles. The molecule has 5 heterocycles. The van der Waals surface area contributed by atoms with Crippen molar-refractivity contribution in [1.82, 2.24) is 0 Å². The van der Waals surface area contributed by atoms with Gasteiger partial charge in [-0.1, -0.05) is 60.7 Å². The minimum Gasteiger partial charge on any atom is -0.394 e. The van der Waals surface area contributed by atoms with Gasteiger partial charge in [-0.25, -0.2) is 0 Å². The highest BCUT2D eigenvalue weighted by atomic mass is 16.7. The van der Waals surface area contributed by atoms with Crippen LogP contribution in [-0.2, 0) is 55.5 Å². The Morgan fingerprint density at radius 3 is 1.47 bits per heavy atom. The fourth-order valence-corrected chi connectivity index (χ4v) is 12.4. The van der Waals surface area contributed by atoms with Crippen molar-refractivity contribution in [2.24, 2.45) is 23.7 Å². The van der Waals surface area contributed by atoms with Crippen LogP contribution in [0, 0.1) is 23.7 Å². The Hall–Kier alpha value is -2.08. The summed E-state index contributed by atoms with van der Waals surface area (Å²) >= 11 is 0. The van der Waals surface area contributed by atoms with E-state index in [1.54, 1.807) is 0 Å². The lowest BCUT2D eigenvalue weighted by atomic mass is 9.84. The second-order valence-corrected chi connectivity index (χ2v) is 21.4. The molecule has 4 N–H and O–H groups in total. The monoisotopic (exact) mass is 981 g/mol. The Balaban J connectivity index is 0.000000188. The number of aliphatic hydroxyl groups excluding tert-OH is 4. The van der Waals surface area contributed by atoms with Gasteiger partial charge in [-0.15, -0.1) is 0 Å². The van der Waals surface area contributed by atoms with Crippen molar-refractivity contribution in [2.75, 3.05) is 33.0 Å². The van der Waals surface area contributed by atoms with Gasteiger partial charge in [-0.05, 0) is 170 Å². The van der Waals surface area contributed by atoms with Gasteiger partial charge >= 0.3 is 0 Å². The Kier molecular flexibility index (Phi) is 22.5. The molecule has 2 aromatic carbocycles. The molecule has 2 aliphatic carbocycles. The normalized spacial score (nSPS) is 34.8. The second-order valence-electron chi connectivity index (χ2n) is 21.4. The van der Waals surface area contributed by atoms with E-state index in [4.69, 9.17) is 42.6 Å². The average Bonchev–Trinajstić information content (AvgIpc) is 4.02. The molecule has 2 saturated carbocycles. The summed E-state index contributed by atoms with van der Waals surface area (Å²) in [4.78, 5) is 0. The molecule has 13 nitrogen and oxygen atoms in total. The maximum Gasteiger partial charge on any atom is 0.157 e. The quantitative estimate of drug-likeness (QED) is 0.0836. The smallest absolute Gasteiger partial charge is 0.157 e. The summed E-state index contributed by atoms with van der Waals surface area (Å²) in [6, 6.07) is 21.2. The van der Waals surface area contributed by atoms with E-state index in [9.17, 15) is 20.4 Å². The highest BCUT2D eigenvalue weighted by Crippen LogP contribution is 2.47. The van der Waals surface area contributed by atoms with Gasteiger partial charge in [0.25, 0.3) is 0 Å². The molecule has 394 valence electrons. The molecule has 70 heavy (non-hydrogen) atoms. The van der Waals surface area contributed by atoms with Crippen molar-refractivity contribution in [3.63, 3.8) is 0 Å². The number of benzene rings is 2. The number of hydrogen-bond donors (Lipinski definition) is 4. The zero-order chi connectivity index (χ0) is 48.3. The van der Waals surface area contributed by atoms with Crippen molar-refractivity contribution in [1.29, 1.82) is 0 Å². The molecule has 13 heteroatoms. The molecule has 0 bridgehead atoms. The lowest BCUT2D eigenvalue weighted by Gasteiger charge is -2.33. The van der Waals surface area contributed by atoms with Gasteiger partial charge in [0.05, 0.1) is 49.3 Å². The predicted octanol–water partition coefficient (Wildman–Crippen LogP) is 8.93. The van der Waals surface area contributed by atoms with Crippen molar-refractivity contribution in [3.8, 4) is 0 Å². The molecule has 0 amide bonds. The first-order chi connectivity index (χ1) is 34.4. The molecule has 5 aliphatic heterocycles. The number of ether oxygens (including phenoxy) is 9.